The number of nitrogens with two attached hydrogens (primary N) is 1. The Morgan fingerprint density at radius 3 is 2.88 bits per heavy atom. The molecule has 1 aromatic carbocycles. The van der Waals surface area contributed by atoms with Crippen molar-refractivity contribution in [1.82, 2.24) is 10.2 Å². The third kappa shape index (κ3) is 4.91. The maximum absolute atomic E-state index is 12.1. The molecule has 25 heavy (non-hydrogen) atoms. The van der Waals surface area contributed by atoms with Gasteiger partial charge in [-0.3, -0.25) is 9.69 Å². The molecule has 134 valence electrons. The molecule has 3 rings (SSSR count). The van der Waals surface area contributed by atoms with Crippen molar-refractivity contribution in [3.8, 4) is 0 Å². The van der Waals surface area contributed by atoms with E-state index in [-0.39, 0.29) is 18.0 Å². The number of nitrogens with one attached hydrogen (secondary N) is 1. The molecule has 0 aliphatic carbocycles. The van der Waals surface area contributed by atoms with Gasteiger partial charge in [0.25, 0.3) is 0 Å². The van der Waals surface area contributed by atoms with E-state index in [2.05, 4.69) is 45.9 Å². The molecular formula is C20H27N3OS. The number of rotatable bonds is 7. The van der Waals surface area contributed by atoms with Crippen LogP contribution in [0.2, 0.25) is 0 Å². The van der Waals surface area contributed by atoms with Crippen LogP contribution in [0.5, 0.6) is 0 Å². The highest BCUT2D eigenvalue weighted by atomic mass is 32.1. The van der Waals surface area contributed by atoms with E-state index < -0.39 is 0 Å². The second-order valence-corrected chi connectivity index (χ2v) is 7.84. The van der Waals surface area contributed by atoms with Gasteiger partial charge in [0.2, 0.25) is 5.91 Å². The molecule has 3 N–H and O–H groups in total. The van der Waals surface area contributed by atoms with Crippen LogP contribution in [0.4, 0.5) is 0 Å². The number of amides is 1. The zero-order chi connectivity index (χ0) is 17.6. The van der Waals surface area contributed by atoms with Gasteiger partial charge in [-0.1, -0.05) is 30.3 Å². The van der Waals surface area contributed by atoms with E-state index in [9.17, 15) is 4.79 Å². The Bertz CT molecular complexity index is 683. The summed E-state index contributed by atoms with van der Waals surface area (Å²) in [5.41, 5.74) is 8.44. The van der Waals surface area contributed by atoms with Gasteiger partial charge in [-0.05, 0) is 42.3 Å². The lowest BCUT2D eigenvalue weighted by molar-refractivity contribution is -0.121. The van der Waals surface area contributed by atoms with Crippen molar-refractivity contribution < 1.29 is 4.79 Å². The Balaban J connectivity index is 1.67. The van der Waals surface area contributed by atoms with Gasteiger partial charge in [0, 0.05) is 37.0 Å². The molecular weight excluding hydrogens is 330 g/mol. The lowest BCUT2D eigenvalue weighted by Gasteiger charge is -2.35. The fraction of sp³-hybridized carbons (Fsp3) is 0.450. The second kappa shape index (κ2) is 8.61. The van der Waals surface area contributed by atoms with Crippen molar-refractivity contribution >= 4 is 17.2 Å². The van der Waals surface area contributed by atoms with Crippen LogP contribution in [0.25, 0.3) is 0 Å². The van der Waals surface area contributed by atoms with E-state index in [1.54, 1.807) is 0 Å². The number of hydrogen-bond acceptors (Lipinski definition) is 4. The molecule has 1 aliphatic rings. The number of nitrogens with zero attached hydrogens (tertiary/aromatic N) is 1. The Labute approximate surface area is 154 Å². The van der Waals surface area contributed by atoms with Crippen molar-refractivity contribution in [2.45, 2.75) is 44.8 Å². The highest BCUT2D eigenvalue weighted by Gasteiger charge is 2.25. The van der Waals surface area contributed by atoms with E-state index in [1.807, 2.05) is 24.3 Å². The Morgan fingerprint density at radius 1 is 1.32 bits per heavy atom. The highest BCUT2D eigenvalue weighted by molar-refractivity contribution is 7.10. The Morgan fingerprint density at radius 2 is 2.12 bits per heavy atom. The number of carbonyl (C=O) groups is 1. The molecule has 1 aromatic heterocycles. The summed E-state index contributed by atoms with van der Waals surface area (Å²) in [6, 6.07) is 13.0. The van der Waals surface area contributed by atoms with Crippen molar-refractivity contribution in [3.63, 3.8) is 0 Å². The topological polar surface area (TPSA) is 58.4 Å². The number of hydrogen-bond donors (Lipinski definition) is 2. The zero-order valence-corrected chi connectivity index (χ0v) is 15.6. The third-order valence-corrected chi connectivity index (χ3v) is 5.80. The average molecular weight is 358 g/mol. The maximum Gasteiger partial charge on any atom is 0.220 e. The van der Waals surface area contributed by atoms with E-state index in [4.69, 9.17) is 5.73 Å². The molecule has 0 bridgehead atoms. The third-order valence-electron chi connectivity index (χ3n) is 4.78. The first kappa shape index (κ1) is 18.1. The average Bonchev–Trinajstić information content (AvgIpc) is 3.09. The molecule has 0 saturated carbocycles. The van der Waals surface area contributed by atoms with Crippen molar-refractivity contribution in [1.29, 1.82) is 0 Å². The van der Waals surface area contributed by atoms with Crippen LogP contribution in [0.3, 0.4) is 0 Å². The zero-order valence-electron chi connectivity index (χ0n) is 14.8. The second-order valence-electron chi connectivity index (χ2n) is 6.84. The van der Waals surface area contributed by atoms with E-state index >= 15 is 0 Å². The highest BCUT2D eigenvalue weighted by Crippen LogP contribution is 2.30. The lowest BCUT2D eigenvalue weighted by Crippen LogP contribution is -2.40. The minimum atomic E-state index is 0.0646. The summed E-state index contributed by atoms with van der Waals surface area (Å²) in [4.78, 5) is 16.1. The minimum absolute atomic E-state index is 0.0646. The fourth-order valence-electron chi connectivity index (χ4n) is 3.33. The van der Waals surface area contributed by atoms with Gasteiger partial charge >= 0.3 is 0 Å². The number of thiophene rings is 1. The van der Waals surface area contributed by atoms with Crippen LogP contribution in [0, 0.1) is 0 Å². The number of benzene rings is 1. The normalized spacial score (nSPS) is 16.9. The molecule has 0 saturated heterocycles. The monoisotopic (exact) mass is 357 g/mol. The van der Waals surface area contributed by atoms with Gasteiger partial charge in [0.05, 0.1) is 6.04 Å². The molecule has 2 aromatic rings. The first-order valence-corrected chi connectivity index (χ1v) is 9.88. The summed E-state index contributed by atoms with van der Waals surface area (Å²) in [6.07, 6.45) is 2.31. The predicted octanol–water partition coefficient (Wildman–Crippen LogP) is 3.09. The predicted molar refractivity (Wildman–Crippen MR) is 104 cm³/mol. The van der Waals surface area contributed by atoms with Gasteiger partial charge in [-0.15, -0.1) is 11.3 Å². The standard InChI is InChI=1S/C20H27N3OS/c1-15(21)7-8-20(24)22-13-18(16-5-3-2-4-6-16)23-11-9-19-17(14-23)10-12-25-19/h2-6,10,12,15,18H,7-9,11,13-14,21H2,1H3,(H,22,24). The van der Waals surface area contributed by atoms with Crippen LogP contribution in [-0.4, -0.2) is 29.9 Å². The molecule has 2 atom stereocenters. The summed E-state index contributed by atoms with van der Waals surface area (Å²) in [6.45, 7) is 4.56. The summed E-state index contributed by atoms with van der Waals surface area (Å²) >= 11 is 1.85. The quantitative estimate of drug-likeness (QED) is 0.800. The van der Waals surface area contributed by atoms with Gasteiger partial charge in [0.1, 0.15) is 0 Å². The molecule has 0 radical (unpaired) electrons. The van der Waals surface area contributed by atoms with Crippen LogP contribution >= 0.6 is 11.3 Å². The van der Waals surface area contributed by atoms with Gasteiger partial charge < -0.3 is 11.1 Å². The first-order valence-electron chi connectivity index (χ1n) is 9.00. The van der Waals surface area contributed by atoms with Crippen molar-refractivity contribution in [2.24, 2.45) is 5.73 Å². The molecule has 1 amide bonds. The molecule has 0 spiro atoms. The minimum Gasteiger partial charge on any atom is -0.354 e. The van der Waals surface area contributed by atoms with E-state index in [0.717, 1.165) is 25.9 Å². The molecule has 1 aliphatic heterocycles. The fourth-order valence-corrected chi connectivity index (χ4v) is 4.22. The van der Waals surface area contributed by atoms with Crippen LogP contribution < -0.4 is 11.1 Å². The summed E-state index contributed by atoms with van der Waals surface area (Å²) < 4.78 is 0. The molecule has 5 heteroatoms. The first-order chi connectivity index (χ1) is 12.1. The summed E-state index contributed by atoms with van der Waals surface area (Å²) in [5, 5.41) is 5.30. The number of carbonyl (C=O) groups excluding carboxylic acids is 1. The van der Waals surface area contributed by atoms with Crippen LogP contribution in [-0.2, 0) is 17.8 Å². The largest absolute Gasteiger partial charge is 0.354 e. The Hall–Kier alpha value is -1.69. The maximum atomic E-state index is 12.1. The Kier molecular flexibility index (Phi) is 6.24. The molecule has 4 nitrogen and oxygen atoms in total. The van der Waals surface area contributed by atoms with Gasteiger partial charge in [0.15, 0.2) is 0 Å². The SMILES string of the molecule is CC(N)CCC(=O)NCC(c1ccccc1)N1CCc2sccc2C1. The summed E-state index contributed by atoms with van der Waals surface area (Å²) in [5.74, 6) is 0.0893. The van der Waals surface area contributed by atoms with Crippen molar-refractivity contribution in [2.75, 3.05) is 13.1 Å². The molecule has 0 fully saturated rings. The smallest absolute Gasteiger partial charge is 0.220 e. The van der Waals surface area contributed by atoms with Crippen molar-refractivity contribution in [3.05, 3.63) is 57.8 Å². The van der Waals surface area contributed by atoms with Gasteiger partial charge in [-0.2, -0.15) is 0 Å². The van der Waals surface area contributed by atoms with Gasteiger partial charge in [-0.25, -0.2) is 0 Å². The van der Waals surface area contributed by atoms with E-state index in [1.165, 1.54) is 16.0 Å². The van der Waals surface area contributed by atoms with Crippen LogP contribution in [0.1, 0.15) is 41.8 Å². The lowest BCUT2D eigenvalue weighted by atomic mass is 10.0. The van der Waals surface area contributed by atoms with E-state index in [0.29, 0.717) is 13.0 Å². The molecule has 2 heterocycles. The van der Waals surface area contributed by atoms with Crippen LogP contribution in [0.15, 0.2) is 41.8 Å². The summed E-state index contributed by atoms with van der Waals surface area (Å²) in [7, 11) is 0. The number of fused-ring (bicyclic) bond motifs is 1. The molecule has 2 unspecified atom stereocenters.